The van der Waals surface area contributed by atoms with Gasteiger partial charge in [-0.3, -0.25) is 9.59 Å². The van der Waals surface area contributed by atoms with Crippen LogP contribution >= 0.6 is 0 Å². The normalized spacial score (nSPS) is 11.4. The summed E-state index contributed by atoms with van der Waals surface area (Å²) in [5.41, 5.74) is 4.01. The van der Waals surface area contributed by atoms with Crippen molar-refractivity contribution in [3.63, 3.8) is 0 Å². The largest absolute Gasteiger partial charge is 0.461 e. The number of hydrogen-bond acceptors (Lipinski definition) is 6. The van der Waals surface area contributed by atoms with Gasteiger partial charge >= 0.3 is 11.9 Å². The first-order valence-electron chi connectivity index (χ1n) is 19.3. The van der Waals surface area contributed by atoms with Crippen molar-refractivity contribution in [2.24, 2.45) is 0 Å². The molecule has 270 valence electrons. The van der Waals surface area contributed by atoms with Gasteiger partial charge in [-0.2, -0.15) is 0 Å². The molecule has 0 bridgehead atoms. The molecule has 0 radical (unpaired) electrons. The summed E-state index contributed by atoms with van der Waals surface area (Å²) >= 11 is 0. The van der Waals surface area contributed by atoms with Crippen LogP contribution in [-0.4, -0.2) is 62.0 Å². The summed E-state index contributed by atoms with van der Waals surface area (Å²) in [6.45, 7) is 8.54. The Labute approximate surface area is 294 Å². The first-order chi connectivity index (χ1) is 23.4. The van der Waals surface area contributed by atoms with Crippen LogP contribution in [0.1, 0.15) is 141 Å². The second kappa shape index (κ2) is 27.2. The summed E-state index contributed by atoms with van der Waals surface area (Å²) in [4.78, 5) is 29.4. The van der Waals surface area contributed by atoms with Gasteiger partial charge in [-0.15, -0.1) is 0 Å². The van der Waals surface area contributed by atoms with Crippen molar-refractivity contribution in [3.05, 3.63) is 59.7 Å². The number of benzene rings is 2. The van der Waals surface area contributed by atoms with Crippen molar-refractivity contribution in [1.29, 1.82) is 0 Å². The van der Waals surface area contributed by atoms with E-state index in [0.717, 1.165) is 48.4 Å². The molecule has 2 aromatic rings. The number of esters is 2. The minimum Gasteiger partial charge on any atom is -0.461 e. The van der Waals surface area contributed by atoms with Gasteiger partial charge < -0.3 is 19.3 Å². The fraction of sp³-hybridized carbons (Fsp3) is 0.667. The van der Waals surface area contributed by atoms with E-state index >= 15 is 0 Å². The predicted molar refractivity (Wildman–Crippen MR) is 201 cm³/mol. The average Bonchev–Trinajstić information content (AvgIpc) is 3.10. The molecule has 0 saturated heterocycles. The van der Waals surface area contributed by atoms with Crippen molar-refractivity contribution in [2.75, 3.05) is 40.3 Å². The molecule has 0 aromatic heterocycles. The third kappa shape index (κ3) is 20.6. The molecule has 0 aliphatic carbocycles. The van der Waals surface area contributed by atoms with Gasteiger partial charge in [-0.1, -0.05) is 140 Å². The molecule has 0 amide bonds. The van der Waals surface area contributed by atoms with Crippen LogP contribution < -0.4 is 0 Å². The maximum absolute atomic E-state index is 12.4. The maximum Gasteiger partial charge on any atom is 0.307 e. The predicted octanol–water partition coefficient (Wildman–Crippen LogP) is 10.4. The molecule has 0 spiro atoms. The molecule has 48 heavy (non-hydrogen) atoms. The number of carbonyl (C=O) groups is 2. The van der Waals surface area contributed by atoms with Gasteiger partial charge in [-0.05, 0) is 74.4 Å². The molecule has 0 aliphatic heterocycles. The van der Waals surface area contributed by atoms with E-state index < -0.39 is 0 Å². The molecule has 2 aromatic carbocycles. The average molecular weight is 665 g/mol. The Hall–Kier alpha value is -2.70. The quantitative estimate of drug-likeness (QED) is 0.0637. The molecule has 0 heterocycles. The first-order valence-corrected chi connectivity index (χ1v) is 19.3. The second-order valence-corrected chi connectivity index (χ2v) is 13.8. The lowest BCUT2D eigenvalue weighted by molar-refractivity contribution is -0.146. The number of nitrogens with zero attached hydrogens (tertiary/aromatic N) is 2. The van der Waals surface area contributed by atoms with E-state index in [4.69, 9.17) is 9.47 Å². The number of ether oxygens (including phenoxy) is 2. The van der Waals surface area contributed by atoms with Gasteiger partial charge in [0, 0.05) is 13.1 Å². The monoisotopic (exact) mass is 665 g/mol. The molecule has 0 N–H and O–H groups in total. The topological polar surface area (TPSA) is 59.1 Å². The minimum atomic E-state index is -0.161. The smallest absolute Gasteiger partial charge is 0.307 e. The molecule has 0 saturated carbocycles. The highest BCUT2D eigenvalue weighted by atomic mass is 16.5. The van der Waals surface area contributed by atoms with Gasteiger partial charge in [0.2, 0.25) is 0 Å². The molecule has 0 atom stereocenters. The SMILES string of the molecule is CCCCCCCCCCN(C)CCC(=O)OCc1cccc(-c2cccc(COC(=O)CCN(C)CCCCCCCCCC)c2)c1. The Morgan fingerprint density at radius 1 is 0.500 bits per heavy atom. The van der Waals surface area contributed by atoms with E-state index in [0.29, 0.717) is 12.8 Å². The van der Waals surface area contributed by atoms with Crippen molar-refractivity contribution >= 4 is 11.9 Å². The second-order valence-electron chi connectivity index (χ2n) is 13.8. The Kier molecular flexibility index (Phi) is 23.5. The summed E-state index contributed by atoms with van der Waals surface area (Å²) in [5, 5.41) is 0. The first kappa shape index (κ1) is 41.5. The zero-order valence-electron chi connectivity index (χ0n) is 31.1. The molecular formula is C42H68N2O4. The highest BCUT2D eigenvalue weighted by molar-refractivity contribution is 5.70. The van der Waals surface area contributed by atoms with Crippen molar-refractivity contribution < 1.29 is 19.1 Å². The van der Waals surface area contributed by atoms with Crippen LogP contribution in [-0.2, 0) is 32.3 Å². The number of unbranched alkanes of at least 4 members (excludes halogenated alkanes) is 14. The maximum atomic E-state index is 12.4. The fourth-order valence-corrected chi connectivity index (χ4v) is 5.97. The van der Waals surface area contributed by atoms with Crippen molar-refractivity contribution in [3.8, 4) is 11.1 Å². The third-order valence-corrected chi connectivity index (χ3v) is 9.17. The van der Waals surface area contributed by atoms with E-state index in [-0.39, 0.29) is 25.2 Å². The van der Waals surface area contributed by atoms with Gasteiger partial charge in [0.15, 0.2) is 0 Å². The van der Waals surface area contributed by atoms with Crippen LogP contribution in [0.4, 0.5) is 0 Å². The Morgan fingerprint density at radius 2 is 0.854 bits per heavy atom. The summed E-state index contributed by atoms with van der Waals surface area (Å²) in [7, 11) is 4.18. The van der Waals surface area contributed by atoms with E-state index in [9.17, 15) is 9.59 Å². The summed E-state index contributed by atoms with van der Waals surface area (Å²) in [5.74, 6) is -0.322. The standard InChI is InChI=1S/C42H68N2O4/c1-5-7-9-11-13-15-17-19-29-43(3)31-27-41(45)47-35-37-23-21-25-39(33-37)40-26-22-24-38(34-40)36-48-42(46)28-32-44(4)30-20-18-16-14-12-10-8-6-2/h21-26,33-34H,5-20,27-32,35-36H2,1-4H3. The van der Waals surface area contributed by atoms with Crippen LogP contribution in [0.3, 0.4) is 0 Å². The third-order valence-electron chi connectivity index (χ3n) is 9.17. The summed E-state index contributed by atoms with van der Waals surface area (Å²) < 4.78 is 11.2. The van der Waals surface area contributed by atoms with E-state index in [1.807, 2.05) is 24.3 Å². The molecule has 0 unspecified atom stereocenters. The van der Waals surface area contributed by atoms with E-state index in [1.54, 1.807) is 0 Å². The molecule has 6 nitrogen and oxygen atoms in total. The van der Waals surface area contributed by atoms with Gasteiger partial charge in [0.05, 0.1) is 12.8 Å². The summed E-state index contributed by atoms with van der Waals surface area (Å²) in [6, 6.07) is 16.2. The van der Waals surface area contributed by atoms with Crippen LogP contribution in [0.5, 0.6) is 0 Å². The van der Waals surface area contributed by atoms with Gasteiger partial charge in [-0.25, -0.2) is 0 Å². The van der Waals surface area contributed by atoms with E-state index in [2.05, 4.69) is 62.0 Å². The Morgan fingerprint density at radius 3 is 1.23 bits per heavy atom. The molecular weight excluding hydrogens is 596 g/mol. The van der Waals surface area contributed by atoms with Crippen LogP contribution in [0.15, 0.2) is 48.5 Å². The van der Waals surface area contributed by atoms with Crippen molar-refractivity contribution in [1.82, 2.24) is 9.80 Å². The molecule has 0 fully saturated rings. The summed E-state index contributed by atoms with van der Waals surface area (Å²) in [6.07, 6.45) is 21.8. The number of rotatable bonds is 29. The molecule has 6 heteroatoms. The fourth-order valence-electron chi connectivity index (χ4n) is 5.97. The molecule has 0 aliphatic rings. The zero-order valence-corrected chi connectivity index (χ0v) is 31.1. The van der Waals surface area contributed by atoms with Crippen LogP contribution in [0.2, 0.25) is 0 Å². The van der Waals surface area contributed by atoms with Crippen LogP contribution in [0, 0.1) is 0 Å². The van der Waals surface area contributed by atoms with Gasteiger partial charge in [0.25, 0.3) is 0 Å². The minimum absolute atomic E-state index is 0.161. The lowest BCUT2D eigenvalue weighted by atomic mass is 10.0. The zero-order chi connectivity index (χ0) is 34.7. The Bertz CT molecular complexity index is 1030. The van der Waals surface area contributed by atoms with E-state index in [1.165, 1.54) is 103 Å². The van der Waals surface area contributed by atoms with Gasteiger partial charge in [0.1, 0.15) is 13.2 Å². The number of carbonyl (C=O) groups excluding carboxylic acids is 2. The van der Waals surface area contributed by atoms with Crippen molar-refractivity contribution in [2.45, 2.75) is 143 Å². The lowest BCUT2D eigenvalue weighted by Crippen LogP contribution is -2.23. The number of hydrogen-bond donors (Lipinski definition) is 0. The highest BCUT2D eigenvalue weighted by Gasteiger charge is 2.10. The molecule has 2 rings (SSSR count). The van der Waals surface area contributed by atoms with Crippen LogP contribution in [0.25, 0.3) is 11.1 Å². The lowest BCUT2D eigenvalue weighted by Gasteiger charge is -2.16. The Balaban J connectivity index is 1.64. The highest BCUT2D eigenvalue weighted by Crippen LogP contribution is 2.23.